The smallest absolute Gasteiger partial charge is 0.145 e. The second kappa shape index (κ2) is 6.58. The van der Waals surface area contributed by atoms with Crippen molar-refractivity contribution in [2.24, 2.45) is 5.73 Å². The molecule has 0 aliphatic carbocycles. The van der Waals surface area contributed by atoms with Crippen molar-refractivity contribution in [1.29, 1.82) is 0 Å². The summed E-state index contributed by atoms with van der Waals surface area (Å²) in [5, 5.41) is 19.6. The van der Waals surface area contributed by atoms with Gasteiger partial charge in [-0.15, -0.1) is 0 Å². The quantitative estimate of drug-likeness (QED) is 0.778. The van der Waals surface area contributed by atoms with Gasteiger partial charge in [0.1, 0.15) is 22.9 Å². The maximum Gasteiger partial charge on any atom is 0.145 e. The van der Waals surface area contributed by atoms with Crippen LogP contribution in [0.15, 0.2) is 30.3 Å². The number of rotatable bonds is 5. The Bertz CT molecular complexity index is 678. The maximum absolute atomic E-state index is 13.3. The van der Waals surface area contributed by atoms with E-state index in [4.69, 9.17) is 22.1 Å². The van der Waals surface area contributed by atoms with Crippen LogP contribution < -0.4 is 10.5 Å². The zero-order valence-corrected chi connectivity index (χ0v) is 12.6. The number of nitrogens with two attached hydrogens (primary N) is 1. The molecule has 22 heavy (non-hydrogen) atoms. The fourth-order valence-electron chi connectivity index (χ4n) is 1.97. The highest BCUT2D eigenvalue weighted by molar-refractivity contribution is 6.31. The lowest BCUT2D eigenvalue weighted by Crippen LogP contribution is -2.39. The van der Waals surface area contributed by atoms with E-state index in [1.165, 1.54) is 31.4 Å². The van der Waals surface area contributed by atoms with Gasteiger partial charge in [0, 0.05) is 12.1 Å². The van der Waals surface area contributed by atoms with Gasteiger partial charge in [0.15, 0.2) is 0 Å². The maximum atomic E-state index is 13.3. The van der Waals surface area contributed by atoms with Gasteiger partial charge in [-0.2, -0.15) is 0 Å². The van der Waals surface area contributed by atoms with Gasteiger partial charge in [0.05, 0.1) is 24.4 Å². The van der Waals surface area contributed by atoms with Gasteiger partial charge in [-0.25, -0.2) is 9.37 Å². The second-order valence-electron chi connectivity index (χ2n) is 4.77. The first kappa shape index (κ1) is 16.6. The number of aliphatic hydroxyl groups is 2. The third-order valence-electron chi connectivity index (χ3n) is 3.35. The summed E-state index contributed by atoms with van der Waals surface area (Å²) in [5.41, 5.74) is 4.91. The van der Waals surface area contributed by atoms with Crippen LogP contribution in [-0.2, 0) is 5.60 Å². The summed E-state index contributed by atoms with van der Waals surface area (Å²) in [6.07, 6.45) is 0. The Balaban J connectivity index is 2.60. The molecule has 0 unspecified atom stereocenters. The predicted molar refractivity (Wildman–Crippen MR) is 81.2 cm³/mol. The average Bonchev–Trinajstić information content (AvgIpc) is 2.56. The largest absolute Gasteiger partial charge is 0.494 e. The second-order valence-corrected chi connectivity index (χ2v) is 5.18. The van der Waals surface area contributed by atoms with E-state index in [1.54, 1.807) is 6.07 Å². The molecule has 2 rings (SSSR count). The van der Waals surface area contributed by atoms with Crippen molar-refractivity contribution in [1.82, 2.24) is 4.98 Å². The monoisotopic (exact) mass is 326 g/mol. The van der Waals surface area contributed by atoms with E-state index >= 15 is 0 Å². The standard InChI is InChI=1S/C15H16ClFN2O3/c1-22-12-4-5-13(15(21,7-18)8-20)19-14(12)9-2-3-11(17)10(16)6-9/h2-6,20-21H,7-8,18H2,1H3/t15-/m1/s1. The van der Waals surface area contributed by atoms with Crippen molar-refractivity contribution in [2.45, 2.75) is 5.60 Å². The van der Waals surface area contributed by atoms with Crippen LogP contribution in [0.1, 0.15) is 5.69 Å². The topological polar surface area (TPSA) is 88.6 Å². The van der Waals surface area contributed by atoms with Crippen LogP contribution in [-0.4, -0.2) is 35.5 Å². The van der Waals surface area contributed by atoms with Crippen molar-refractivity contribution in [3.05, 3.63) is 46.9 Å². The summed E-state index contributed by atoms with van der Waals surface area (Å²) in [5.74, 6) is -0.127. The number of ether oxygens (including phenoxy) is 1. The highest BCUT2D eigenvalue weighted by atomic mass is 35.5. The van der Waals surface area contributed by atoms with Crippen LogP contribution >= 0.6 is 11.6 Å². The molecule has 1 atom stereocenters. The molecule has 1 aromatic heterocycles. The Hall–Kier alpha value is -1.73. The molecule has 2 aromatic rings. The van der Waals surface area contributed by atoms with E-state index < -0.39 is 18.0 Å². The average molecular weight is 327 g/mol. The first-order valence-corrected chi connectivity index (χ1v) is 6.87. The molecule has 7 heteroatoms. The predicted octanol–water partition coefficient (Wildman–Crippen LogP) is 1.69. The summed E-state index contributed by atoms with van der Waals surface area (Å²) in [6, 6.07) is 7.22. The number of aromatic nitrogens is 1. The molecule has 0 saturated heterocycles. The van der Waals surface area contributed by atoms with Crippen LogP contribution in [0.4, 0.5) is 4.39 Å². The first-order valence-electron chi connectivity index (χ1n) is 6.49. The summed E-state index contributed by atoms with van der Waals surface area (Å²) in [4.78, 5) is 4.30. The molecule has 118 valence electrons. The molecular weight excluding hydrogens is 311 g/mol. The molecule has 0 aliphatic heterocycles. The van der Waals surface area contributed by atoms with E-state index in [-0.39, 0.29) is 17.3 Å². The molecule has 0 spiro atoms. The van der Waals surface area contributed by atoms with E-state index in [9.17, 15) is 14.6 Å². The minimum atomic E-state index is -1.66. The van der Waals surface area contributed by atoms with Crippen molar-refractivity contribution in [2.75, 3.05) is 20.3 Å². The van der Waals surface area contributed by atoms with Gasteiger partial charge in [-0.3, -0.25) is 0 Å². The number of nitrogens with zero attached hydrogens (tertiary/aromatic N) is 1. The molecule has 0 bridgehead atoms. The van der Waals surface area contributed by atoms with Gasteiger partial charge in [0.2, 0.25) is 0 Å². The molecule has 1 aromatic carbocycles. The third-order valence-corrected chi connectivity index (χ3v) is 3.64. The van der Waals surface area contributed by atoms with Gasteiger partial charge in [-0.05, 0) is 30.3 Å². The van der Waals surface area contributed by atoms with Crippen LogP contribution in [0, 0.1) is 5.82 Å². The van der Waals surface area contributed by atoms with E-state index in [0.717, 1.165) is 0 Å². The number of methoxy groups -OCH3 is 1. The fraction of sp³-hybridized carbons (Fsp3) is 0.267. The van der Waals surface area contributed by atoms with Gasteiger partial charge in [-0.1, -0.05) is 11.6 Å². The highest BCUT2D eigenvalue weighted by Gasteiger charge is 2.29. The number of halogens is 2. The van der Waals surface area contributed by atoms with Gasteiger partial charge in [0.25, 0.3) is 0 Å². The number of pyridine rings is 1. The molecule has 0 amide bonds. The minimum Gasteiger partial charge on any atom is -0.494 e. The van der Waals surface area contributed by atoms with Crippen LogP contribution in [0.25, 0.3) is 11.3 Å². The van der Waals surface area contributed by atoms with Crippen molar-refractivity contribution >= 4 is 11.6 Å². The van der Waals surface area contributed by atoms with E-state index in [0.29, 0.717) is 17.0 Å². The summed E-state index contributed by atoms with van der Waals surface area (Å²) < 4.78 is 18.5. The lowest BCUT2D eigenvalue weighted by molar-refractivity contribution is -0.0145. The Morgan fingerprint density at radius 1 is 1.36 bits per heavy atom. The molecule has 0 radical (unpaired) electrons. The minimum absolute atomic E-state index is 0.0528. The Morgan fingerprint density at radius 2 is 2.09 bits per heavy atom. The summed E-state index contributed by atoms with van der Waals surface area (Å²) in [7, 11) is 1.46. The molecule has 1 heterocycles. The molecule has 5 nitrogen and oxygen atoms in total. The summed E-state index contributed by atoms with van der Waals surface area (Å²) in [6.45, 7) is -0.779. The van der Waals surface area contributed by atoms with Crippen LogP contribution in [0.3, 0.4) is 0 Å². The van der Waals surface area contributed by atoms with Gasteiger partial charge >= 0.3 is 0 Å². The van der Waals surface area contributed by atoms with E-state index in [1.807, 2.05) is 0 Å². The van der Waals surface area contributed by atoms with E-state index in [2.05, 4.69) is 4.98 Å². The fourth-order valence-corrected chi connectivity index (χ4v) is 2.15. The lowest BCUT2D eigenvalue weighted by Gasteiger charge is -2.24. The Morgan fingerprint density at radius 3 is 2.64 bits per heavy atom. The van der Waals surface area contributed by atoms with Crippen molar-refractivity contribution in [3.63, 3.8) is 0 Å². The lowest BCUT2D eigenvalue weighted by atomic mass is 9.99. The summed E-state index contributed by atoms with van der Waals surface area (Å²) >= 11 is 5.79. The van der Waals surface area contributed by atoms with Crippen LogP contribution in [0.5, 0.6) is 5.75 Å². The first-order chi connectivity index (χ1) is 10.4. The molecule has 0 aliphatic rings. The molecule has 0 fully saturated rings. The zero-order chi connectivity index (χ0) is 16.3. The van der Waals surface area contributed by atoms with Gasteiger partial charge < -0.3 is 20.7 Å². The SMILES string of the molecule is COc1ccc([C@@](O)(CN)CO)nc1-c1ccc(F)c(Cl)c1. The zero-order valence-electron chi connectivity index (χ0n) is 11.9. The molecular formula is C15H16ClFN2O3. The third kappa shape index (κ3) is 3.05. The Labute approximate surface area is 132 Å². The highest BCUT2D eigenvalue weighted by Crippen LogP contribution is 2.32. The van der Waals surface area contributed by atoms with Crippen molar-refractivity contribution in [3.8, 4) is 17.0 Å². The normalized spacial score (nSPS) is 13.7. The Kier molecular flexibility index (Phi) is 4.97. The van der Waals surface area contributed by atoms with Crippen LogP contribution in [0.2, 0.25) is 5.02 Å². The van der Waals surface area contributed by atoms with Crippen molar-refractivity contribution < 1.29 is 19.3 Å². The number of hydrogen-bond acceptors (Lipinski definition) is 5. The number of hydrogen-bond donors (Lipinski definition) is 3. The molecule has 4 N–H and O–H groups in total. The number of benzene rings is 1. The number of aliphatic hydroxyl groups excluding tert-OH is 1. The molecule has 0 saturated carbocycles.